The van der Waals surface area contributed by atoms with E-state index in [1.165, 1.54) is 0 Å². The molecule has 0 aromatic carbocycles. The lowest BCUT2D eigenvalue weighted by Crippen LogP contribution is -2.34. The number of rotatable bonds is 7. The molecule has 0 N–H and O–H groups in total. The van der Waals surface area contributed by atoms with Crippen molar-refractivity contribution in [3.8, 4) is 0 Å². The Balaban J connectivity index is 2.80. The van der Waals surface area contributed by atoms with Crippen molar-refractivity contribution < 1.29 is 14.3 Å². The topological polar surface area (TPSA) is 51.7 Å². The SMILES string of the molecule is CCOC(=O)c1ccc(N(CCOC)C(C)C)nc1. The molecule has 5 heteroatoms. The second kappa shape index (κ2) is 7.74. The third kappa shape index (κ3) is 4.52. The number of aromatic nitrogens is 1. The van der Waals surface area contributed by atoms with Gasteiger partial charge in [0.15, 0.2) is 0 Å². The molecular formula is C14H22N2O3. The van der Waals surface area contributed by atoms with Gasteiger partial charge in [-0.15, -0.1) is 0 Å². The van der Waals surface area contributed by atoms with Gasteiger partial charge in [0.1, 0.15) is 5.82 Å². The van der Waals surface area contributed by atoms with Crippen LogP contribution in [0.1, 0.15) is 31.1 Å². The molecule has 1 heterocycles. The van der Waals surface area contributed by atoms with E-state index >= 15 is 0 Å². The predicted molar refractivity (Wildman–Crippen MR) is 74.6 cm³/mol. The molecule has 0 saturated carbocycles. The summed E-state index contributed by atoms with van der Waals surface area (Å²) in [5, 5.41) is 0. The van der Waals surface area contributed by atoms with Crippen molar-refractivity contribution in [3.05, 3.63) is 23.9 Å². The lowest BCUT2D eigenvalue weighted by atomic mass is 10.2. The summed E-state index contributed by atoms with van der Waals surface area (Å²) in [6, 6.07) is 3.89. The molecule has 0 radical (unpaired) electrons. The molecular weight excluding hydrogens is 244 g/mol. The van der Waals surface area contributed by atoms with Crippen LogP contribution in [0.15, 0.2) is 18.3 Å². The van der Waals surface area contributed by atoms with Gasteiger partial charge in [-0.2, -0.15) is 0 Å². The lowest BCUT2D eigenvalue weighted by molar-refractivity contribution is 0.0526. The monoisotopic (exact) mass is 266 g/mol. The molecule has 0 aliphatic carbocycles. The van der Waals surface area contributed by atoms with Gasteiger partial charge in [0.25, 0.3) is 0 Å². The van der Waals surface area contributed by atoms with Crippen LogP contribution in [0.2, 0.25) is 0 Å². The summed E-state index contributed by atoms with van der Waals surface area (Å²) >= 11 is 0. The summed E-state index contributed by atoms with van der Waals surface area (Å²) in [6.45, 7) is 7.74. The maximum atomic E-state index is 11.5. The van der Waals surface area contributed by atoms with Gasteiger partial charge < -0.3 is 14.4 Å². The fourth-order valence-corrected chi connectivity index (χ4v) is 1.72. The van der Waals surface area contributed by atoms with Crippen LogP contribution in [-0.4, -0.2) is 43.9 Å². The molecule has 0 saturated heterocycles. The van der Waals surface area contributed by atoms with Crippen LogP contribution in [-0.2, 0) is 9.47 Å². The fraction of sp³-hybridized carbons (Fsp3) is 0.571. The first-order chi connectivity index (χ1) is 9.10. The largest absolute Gasteiger partial charge is 0.462 e. The highest BCUT2D eigenvalue weighted by molar-refractivity contribution is 5.89. The number of carbonyl (C=O) groups excluding carboxylic acids is 1. The smallest absolute Gasteiger partial charge is 0.339 e. The first-order valence-electron chi connectivity index (χ1n) is 6.48. The zero-order valence-electron chi connectivity index (χ0n) is 12.0. The highest BCUT2D eigenvalue weighted by atomic mass is 16.5. The van der Waals surface area contributed by atoms with E-state index in [0.29, 0.717) is 24.8 Å². The summed E-state index contributed by atoms with van der Waals surface area (Å²) in [7, 11) is 1.68. The first kappa shape index (κ1) is 15.4. The fourth-order valence-electron chi connectivity index (χ4n) is 1.72. The number of esters is 1. The van der Waals surface area contributed by atoms with Crippen LogP contribution in [0.4, 0.5) is 5.82 Å². The van der Waals surface area contributed by atoms with Crippen LogP contribution < -0.4 is 4.90 Å². The number of nitrogens with zero attached hydrogens (tertiary/aromatic N) is 2. The Morgan fingerprint density at radius 1 is 1.42 bits per heavy atom. The molecule has 106 valence electrons. The zero-order valence-corrected chi connectivity index (χ0v) is 12.0. The first-order valence-corrected chi connectivity index (χ1v) is 6.48. The lowest BCUT2D eigenvalue weighted by Gasteiger charge is -2.27. The predicted octanol–water partition coefficient (Wildman–Crippen LogP) is 2.12. The summed E-state index contributed by atoms with van der Waals surface area (Å²) in [5.74, 6) is 0.495. The molecule has 0 bridgehead atoms. The minimum atomic E-state index is -0.338. The molecule has 0 spiro atoms. The Morgan fingerprint density at radius 2 is 2.16 bits per heavy atom. The summed E-state index contributed by atoms with van der Waals surface area (Å²) < 4.78 is 10.0. The van der Waals surface area contributed by atoms with Crippen molar-refractivity contribution in [2.24, 2.45) is 0 Å². The van der Waals surface area contributed by atoms with E-state index in [2.05, 4.69) is 23.7 Å². The Bertz CT molecular complexity index is 390. The van der Waals surface area contributed by atoms with E-state index in [9.17, 15) is 4.79 Å². The molecule has 1 aromatic heterocycles. The normalized spacial score (nSPS) is 10.6. The molecule has 1 aromatic rings. The molecule has 0 aliphatic rings. The second-order valence-electron chi connectivity index (χ2n) is 4.41. The quantitative estimate of drug-likeness (QED) is 0.708. The molecule has 0 unspecified atom stereocenters. The van der Waals surface area contributed by atoms with Gasteiger partial charge in [-0.1, -0.05) is 0 Å². The van der Waals surface area contributed by atoms with Gasteiger partial charge >= 0.3 is 5.97 Å². The van der Waals surface area contributed by atoms with Gasteiger partial charge in [-0.05, 0) is 32.9 Å². The van der Waals surface area contributed by atoms with Gasteiger partial charge in [0.2, 0.25) is 0 Å². The van der Waals surface area contributed by atoms with Crippen molar-refractivity contribution in [2.45, 2.75) is 26.8 Å². The minimum Gasteiger partial charge on any atom is -0.462 e. The number of methoxy groups -OCH3 is 1. The highest BCUT2D eigenvalue weighted by Gasteiger charge is 2.13. The van der Waals surface area contributed by atoms with Crippen LogP contribution >= 0.6 is 0 Å². The number of hydrogen-bond acceptors (Lipinski definition) is 5. The van der Waals surface area contributed by atoms with Crippen LogP contribution in [0.5, 0.6) is 0 Å². The summed E-state index contributed by atoms with van der Waals surface area (Å²) in [5.41, 5.74) is 0.473. The Hall–Kier alpha value is -1.62. The van der Waals surface area contributed by atoms with Crippen molar-refractivity contribution in [1.82, 2.24) is 4.98 Å². The maximum absolute atomic E-state index is 11.5. The van der Waals surface area contributed by atoms with E-state index in [1.54, 1.807) is 26.3 Å². The third-order valence-corrected chi connectivity index (χ3v) is 2.71. The number of ether oxygens (including phenoxy) is 2. The Kier molecular flexibility index (Phi) is 6.29. The van der Waals surface area contributed by atoms with E-state index in [0.717, 1.165) is 12.4 Å². The van der Waals surface area contributed by atoms with Crippen molar-refractivity contribution in [1.29, 1.82) is 0 Å². The maximum Gasteiger partial charge on any atom is 0.339 e. The number of pyridine rings is 1. The Labute approximate surface area is 114 Å². The number of carbonyl (C=O) groups is 1. The van der Waals surface area contributed by atoms with Crippen LogP contribution in [0, 0.1) is 0 Å². The zero-order chi connectivity index (χ0) is 14.3. The third-order valence-electron chi connectivity index (χ3n) is 2.71. The highest BCUT2D eigenvalue weighted by Crippen LogP contribution is 2.14. The summed E-state index contributed by atoms with van der Waals surface area (Å²) in [6.07, 6.45) is 1.55. The number of anilines is 1. The van der Waals surface area contributed by atoms with Gasteiger partial charge in [0.05, 0.1) is 18.8 Å². The molecule has 5 nitrogen and oxygen atoms in total. The van der Waals surface area contributed by atoms with E-state index in [1.807, 2.05) is 6.07 Å². The molecule has 0 atom stereocenters. The van der Waals surface area contributed by atoms with E-state index < -0.39 is 0 Å². The average molecular weight is 266 g/mol. The standard InChI is InChI=1S/C14H22N2O3/c1-5-19-14(17)12-6-7-13(15-10-12)16(11(2)3)8-9-18-4/h6-7,10-11H,5,8-9H2,1-4H3. The van der Waals surface area contributed by atoms with Crippen molar-refractivity contribution in [3.63, 3.8) is 0 Å². The number of hydrogen-bond donors (Lipinski definition) is 0. The van der Waals surface area contributed by atoms with Crippen LogP contribution in [0.3, 0.4) is 0 Å². The summed E-state index contributed by atoms with van der Waals surface area (Å²) in [4.78, 5) is 18.0. The molecule has 19 heavy (non-hydrogen) atoms. The Morgan fingerprint density at radius 3 is 2.63 bits per heavy atom. The molecule has 1 rings (SSSR count). The molecule has 0 aliphatic heterocycles. The average Bonchev–Trinajstić information content (AvgIpc) is 2.40. The second-order valence-corrected chi connectivity index (χ2v) is 4.41. The van der Waals surface area contributed by atoms with Crippen molar-refractivity contribution in [2.75, 3.05) is 31.8 Å². The van der Waals surface area contributed by atoms with Gasteiger partial charge in [-0.3, -0.25) is 0 Å². The van der Waals surface area contributed by atoms with Gasteiger partial charge in [-0.25, -0.2) is 9.78 Å². The van der Waals surface area contributed by atoms with E-state index in [-0.39, 0.29) is 5.97 Å². The van der Waals surface area contributed by atoms with E-state index in [4.69, 9.17) is 9.47 Å². The molecule has 0 amide bonds. The van der Waals surface area contributed by atoms with Crippen LogP contribution in [0.25, 0.3) is 0 Å². The van der Waals surface area contributed by atoms with Crippen molar-refractivity contribution >= 4 is 11.8 Å². The minimum absolute atomic E-state index is 0.316. The van der Waals surface area contributed by atoms with Gasteiger partial charge in [0, 0.05) is 25.9 Å². The molecule has 0 fully saturated rings.